The largest absolute Gasteiger partial charge is 0.488 e. The van der Waals surface area contributed by atoms with E-state index in [0.717, 1.165) is 17.6 Å². The van der Waals surface area contributed by atoms with Crippen molar-refractivity contribution in [3.05, 3.63) is 40.4 Å². The van der Waals surface area contributed by atoms with Crippen LogP contribution >= 0.6 is 0 Å². The molecule has 5 nitrogen and oxygen atoms in total. The van der Waals surface area contributed by atoms with E-state index in [1.165, 1.54) is 11.7 Å². The summed E-state index contributed by atoms with van der Waals surface area (Å²) >= 11 is 0. The predicted octanol–water partition coefficient (Wildman–Crippen LogP) is 2.82. The zero-order valence-electron chi connectivity index (χ0n) is 12.8. The van der Waals surface area contributed by atoms with E-state index in [9.17, 15) is 4.79 Å². The number of anilines is 1. The molecule has 112 valence electrons. The first kappa shape index (κ1) is 15.0. The summed E-state index contributed by atoms with van der Waals surface area (Å²) in [7, 11) is 3.15. The Morgan fingerprint density at radius 3 is 2.67 bits per heavy atom. The quantitative estimate of drug-likeness (QED) is 0.694. The first-order valence-corrected chi connectivity index (χ1v) is 6.82. The number of pyridine rings is 1. The van der Waals surface area contributed by atoms with E-state index in [4.69, 9.17) is 15.2 Å². The molecule has 0 aliphatic heterocycles. The van der Waals surface area contributed by atoms with Gasteiger partial charge >= 0.3 is 0 Å². The number of ether oxygens (including phenoxy) is 2. The minimum atomic E-state index is -0.253. The smallest absolute Gasteiger partial charge is 0.297 e. The summed E-state index contributed by atoms with van der Waals surface area (Å²) in [4.78, 5) is 12.4. The highest BCUT2D eigenvalue weighted by molar-refractivity contribution is 5.90. The van der Waals surface area contributed by atoms with Crippen molar-refractivity contribution in [2.24, 2.45) is 7.05 Å². The van der Waals surface area contributed by atoms with Crippen molar-refractivity contribution < 1.29 is 9.47 Å². The summed E-state index contributed by atoms with van der Waals surface area (Å²) < 4.78 is 12.7. The van der Waals surface area contributed by atoms with Crippen LogP contribution in [0.25, 0.3) is 10.9 Å². The molecule has 0 bridgehead atoms. The fourth-order valence-corrected chi connectivity index (χ4v) is 2.25. The SMILES string of the molecule is CC=C(CC)Oc1c(OC)c(=O)n(C)c2cc(N)ccc12. The normalized spacial score (nSPS) is 11.7. The lowest BCUT2D eigenvalue weighted by Gasteiger charge is -2.16. The van der Waals surface area contributed by atoms with E-state index >= 15 is 0 Å². The molecule has 0 aliphatic rings. The number of benzene rings is 1. The van der Waals surface area contributed by atoms with Gasteiger partial charge in [0.05, 0.1) is 18.4 Å². The molecule has 2 N–H and O–H groups in total. The van der Waals surface area contributed by atoms with Crippen LogP contribution in [0.4, 0.5) is 5.69 Å². The number of fused-ring (bicyclic) bond motifs is 1. The van der Waals surface area contributed by atoms with Crippen LogP contribution < -0.4 is 20.8 Å². The Morgan fingerprint density at radius 2 is 2.10 bits per heavy atom. The van der Waals surface area contributed by atoms with E-state index in [2.05, 4.69) is 0 Å². The Morgan fingerprint density at radius 1 is 1.38 bits per heavy atom. The summed E-state index contributed by atoms with van der Waals surface area (Å²) in [5.41, 5.74) is 6.87. The molecule has 2 aromatic rings. The number of methoxy groups -OCH3 is 1. The molecule has 0 saturated carbocycles. The van der Waals surface area contributed by atoms with Gasteiger partial charge in [-0.1, -0.05) is 6.92 Å². The van der Waals surface area contributed by atoms with Crippen LogP contribution in [0.2, 0.25) is 0 Å². The third-order valence-corrected chi connectivity index (χ3v) is 3.44. The predicted molar refractivity (Wildman–Crippen MR) is 84.8 cm³/mol. The van der Waals surface area contributed by atoms with Crippen molar-refractivity contribution in [1.29, 1.82) is 0 Å². The van der Waals surface area contributed by atoms with Crippen LogP contribution in [0, 0.1) is 0 Å². The summed E-state index contributed by atoms with van der Waals surface area (Å²) in [6.07, 6.45) is 2.60. The highest BCUT2D eigenvalue weighted by Gasteiger charge is 2.18. The van der Waals surface area contributed by atoms with Gasteiger partial charge in [0.25, 0.3) is 5.56 Å². The van der Waals surface area contributed by atoms with Crippen molar-refractivity contribution >= 4 is 16.6 Å². The summed E-state index contributed by atoms with van der Waals surface area (Å²) in [6.45, 7) is 3.88. The highest BCUT2D eigenvalue weighted by Crippen LogP contribution is 2.34. The zero-order chi connectivity index (χ0) is 15.6. The van der Waals surface area contributed by atoms with Crippen LogP contribution in [-0.4, -0.2) is 11.7 Å². The van der Waals surface area contributed by atoms with Gasteiger partial charge < -0.3 is 19.8 Å². The zero-order valence-corrected chi connectivity index (χ0v) is 12.8. The van der Waals surface area contributed by atoms with Gasteiger partial charge in [0.15, 0.2) is 5.75 Å². The maximum atomic E-state index is 12.4. The molecule has 0 radical (unpaired) electrons. The summed E-state index contributed by atoms with van der Waals surface area (Å²) in [5, 5.41) is 0.788. The van der Waals surface area contributed by atoms with Crippen molar-refractivity contribution in [3.8, 4) is 11.5 Å². The number of nitrogens with two attached hydrogens (primary N) is 1. The van der Waals surface area contributed by atoms with E-state index in [0.29, 0.717) is 17.0 Å². The van der Waals surface area contributed by atoms with Crippen molar-refractivity contribution in [2.75, 3.05) is 12.8 Å². The maximum absolute atomic E-state index is 12.4. The Labute approximate surface area is 123 Å². The van der Waals surface area contributed by atoms with Gasteiger partial charge in [-0.05, 0) is 31.2 Å². The molecule has 1 heterocycles. The average molecular weight is 288 g/mol. The fraction of sp³-hybridized carbons (Fsp3) is 0.312. The standard InChI is InChI=1S/C16H20N2O3/c1-5-11(6-2)21-14-12-8-7-10(17)9-13(12)18(3)16(19)15(14)20-4/h5,7-9H,6,17H2,1-4H3. The van der Waals surface area contributed by atoms with Gasteiger partial charge in [-0.15, -0.1) is 0 Å². The minimum Gasteiger partial charge on any atom is -0.488 e. The van der Waals surface area contributed by atoms with Crippen LogP contribution in [-0.2, 0) is 7.05 Å². The monoisotopic (exact) mass is 288 g/mol. The molecule has 0 unspecified atom stereocenters. The van der Waals surface area contributed by atoms with Gasteiger partial charge in [0.2, 0.25) is 5.75 Å². The molecule has 0 saturated heterocycles. The van der Waals surface area contributed by atoms with Crippen LogP contribution in [0.1, 0.15) is 20.3 Å². The van der Waals surface area contributed by atoms with Crippen LogP contribution in [0.3, 0.4) is 0 Å². The molecule has 5 heteroatoms. The Hall–Kier alpha value is -2.43. The number of aromatic nitrogens is 1. The third kappa shape index (κ3) is 2.59. The Bertz CT molecular complexity index is 760. The van der Waals surface area contributed by atoms with Gasteiger partial charge in [-0.2, -0.15) is 0 Å². The second-order valence-corrected chi connectivity index (χ2v) is 4.71. The summed E-state index contributed by atoms with van der Waals surface area (Å²) in [6, 6.07) is 5.37. The molecule has 0 spiro atoms. The van der Waals surface area contributed by atoms with E-state index in [-0.39, 0.29) is 11.3 Å². The Kier molecular flexibility index (Phi) is 4.21. The van der Waals surface area contributed by atoms with Crippen LogP contribution in [0.15, 0.2) is 34.8 Å². The first-order valence-electron chi connectivity index (χ1n) is 6.82. The second-order valence-electron chi connectivity index (χ2n) is 4.71. The van der Waals surface area contributed by atoms with Crippen molar-refractivity contribution in [3.63, 3.8) is 0 Å². The number of aryl methyl sites for hydroxylation is 1. The average Bonchev–Trinajstić information content (AvgIpc) is 2.49. The molecular weight excluding hydrogens is 268 g/mol. The second kappa shape index (κ2) is 5.91. The van der Waals surface area contributed by atoms with E-state index < -0.39 is 0 Å². The van der Waals surface area contributed by atoms with Gasteiger partial charge in [0, 0.05) is 24.5 Å². The number of hydrogen-bond donors (Lipinski definition) is 1. The lowest BCUT2D eigenvalue weighted by atomic mass is 10.1. The van der Waals surface area contributed by atoms with E-state index in [1.54, 1.807) is 19.2 Å². The fourth-order valence-electron chi connectivity index (χ4n) is 2.25. The molecule has 1 aromatic heterocycles. The third-order valence-electron chi connectivity index (χ3n) is 3.44. The molecular formula is C16H20N2O3. The maximum Gasteiger partial charge on any atom is 0.297 e. The first-order chi connectivity index (χ1) is 10.0. The summed E-state index contributed by atoms with van der Waals surface area (Å²) in [5.74, 6) is 1.41. The molecule has 0 fully saturated rings. The molecule has 1 aromatic carbocycles. The Balaban J connectivity index is 2.83. The van der Waals surface area contributed by atoms with Gasteiger partial charge in [0.1, 0.15) is 0 Å². The topological polar surface area (TPSA) is 66.5 Å². The molecule has 0 atom stereocenters. The molecule has 0 aliphatic carbocycles. The number of hydrogen-bond acceptors (Lipinski definition) is 4. The molecule has 2 rings (SSSR count). The van der Waals surface area contributed by atoms with Crippen molar-refractivity contribution in [1.82, 2.24) is 4.57 Å². The van der Waals surface area contributed by atoms with Crippen LogP contribution in [0.5, 0.6) is 11.5 Å². The number of nitrogens with zero attached hydrogens (tertiary/aromatic N) is 1. The lowest BCUT2D eigenvalue weighted by molar-refractivity contribution is 0.351. The van der Waals surface area contributed by atoms with Gasteiger partial charge in [-0.3, -0.25) is 4.79 Å². The lowest BCUT2D eigenvalue weighted by Crippen LogP contribution is -2.20. The van der Waals surface area contributed by atoms with Gasteiger partial charge in [-0.25, -0.2) is 0 Å². The minimum absolute atomic E-state index is 0.197. The molecule has 0 amide bonds. The number of allylic oxidation sites excluding steroid dienone is 2. The van der Waals surface area contributed by atoms with E-state index in [1.807, 2.05) is 26.0 Å². The molecule has 21 heavy (non-hydrogen) atoms. The van der Waals surface area contributed by atoms with Crippen molar-refractivity contribution in [2.45, 2.75) is 20.3 Å². The highest BCUT2D eigenvalue weighted by atomic mass is 16.5. The number of rotatable bonds is 4. The number of nitrogen functional groups attached to an aromatic ring is 1.